The molecule has 0 spiro atoms. The van der Waals surface area contributed by atoms with Gasteiger partial charge in [-0.05, 0) is 67.0 Å². The summed E-state index contributed by atoms with van der Waals surface area (Å²) in [4.78, 5) is 0. The van der Waals surface area contributed by atoms with Crippen LogP contribution < -0.4 is 11.5 Å². The Bertz CT molecular complexity index is 771. The van der Waals surface area contributed by atoms with Gasteiger partial charge in [-0.2, -0.15) is 0 Å². The standard InChI is InChI=1S/C22H26N2/c1-16-14-19(21-15-20(23)12-13-22(21,2)24)11-10-18(16)9-8-17-6-4-3-5-7-17/h3-7,9,11-12,14-15H,8,10,13,23-24H2,1-2H3/b18-9-. The molecule has 4 N–H and O–H groups in total. The van der Waals surface area contributed by atoms with Gasteiger partial charge in [-0.3, -0.25) is 0 Å². The van der Waals surface area contributed by atoms with E-state index >= 15 is 0 Å². The monoisotopic (exact) mass is 318 g/mol. The highest BCUT2D eigenvalue weighted by Gasteiger charge is 2.28. The van der Waals surface area contributed by atoms with Gasteiger partial charge in [-0.25, -0.2) is 0 Å². The maximum atomic E-state index is 6.48. The molecule has 24 heavy (non-hydrogen) atoms. The number of benzene rings is 1. The van der Waals surface area contributed by atoms with Gasteiger partial charge in [0.1, 0.15) is 0 Å². The molecule has 2 aliphatic carbocycles. The molecule has 0 fully saturated rings. The second kappa shape index (κ2) is 6.66. The van der Waals surface area contributed by atoms with E-state index in [0.717, 1.165) is 30.5 Å². The fourth-order valence-electron chi connectivity index (χ4n) is 3.30. The molecule has 0 radical (unpaired) electrons. The van der Waals surface area contributed by atoms with Crippen LogP contribution in [0.25, 0.3) is 0 Å². The lowest BCUT2D eigenvalue weighted by molar-refractivity contribution is 0.556. The van der Waals surface area contributed by atoms with Crippen LogP contribution in [-0.4, -0.2) is 5.54 Å². The van der Waals surface area contributed by atoms with Crippen molar-refractivity contribution in [3.05, 3.63) is 94.3 Å². The molecule has 3 rings (SSSR count). The van der Waals surface area contributed by atoms with E-state index in [4.69, 9.17) is 11.5 Å². The highest BCUT2D eigenvalue weighted by atomic mass is 14.7. The van der Waals surface area contributed by atoms with Gasteiger partial charge in [0.15, 0.2) is 0 Å². The lowest BCUT2D eigenvalue weighted by Gasteiger charge is -2.32. The van der Waals surface area contributed by atoms with Crippen molar-refractivity contribution in [3.63, 3.8) is 0 Å². The van der Waals surface area contributed by atoms with Crippen molar-refractivity contribution in [3.8, 4) is 0 Å². The van der Waals surface area contributed by atoms with Crippen molar-refractivity contribution < 1.29 is 0 Å². The second-order valence-electron chi connectivity index (χ2n) is 6.99. The Morgan fingerprint density at radius 1 is 1.12 bits per heavy atom. The Kier molecular flexibility index (Phi) is 4.59. The first-order valence-electron chi connectivity index (χ1n) is 8.54. The molecular formula is C22H26N2. The predicted molar refractivity (Wildman–Crippen MR) is 102 cm³/mol. The number of allylic oxidation sites excluding steroid dienone is 6. The molecule has 0 saturated heterocycles. The van der Waals surface area contributed by atoms with Crippen LogP contribution in [0.2, 0.25) is 0 Å². The van der Waals surface area contributed by atoms with Gasteiger partial charge in [0, 0.05) is 11.2 Å². The van der Waals surface area contributed by atoms with Crippen LogP contribution in [-0.2, 0) is 6.42 Å². The van der Waals surface area contributed by atoms with E-state index in [9.17, 15) is 0 Å². The van der Waals surface area contributed by atoms with Gasteiger partial charge in [0.05, 0.1) is 0 Å². The smallest absolute Gasteiger partial charge is 0.0423 e. The number of hydrogen-bond acceptors (Lipinski definition) is 2. The first kappa shape index (κ1) is 16.5. The van der Waals surface area contributed by atoms with E-state index in [1.807, 2.05) is 12.2 Å². The minimum absolute atomic E-state index is 0.350. The van der Waals surface area contributed by atoms with Gasteiger partial charge in [0.25, 0.3) is 0 Å². The predicted octanol–water partition coefficient (Wildman–Crippen LogP) is 4.32. The maximum absolute atomic E-state index is 6.48. The molecule has 2 nitrogen and oxygen atoms in total. The van der Waals surface area contributed by atoms with Crippen LogP contribution in [0.1, 0.15) is 32.3 Å². The molecule has 1 aromatic rings. The molecule has 2 heteroatoms. The first-order valence-corrected chi connectivity index (χ1v) is 8.54. The van der Waals surface area contributed by atoms with Crippen molar-refractivity contribution in [2.45, 2.75) is 38.6 Å². The van der Waals surface area contributed by atoms with E-state index in [2.05, 4.69) is 62.4 Å². The molecular weight excluding hydrogens is 292 g/mol. The van der Waals surface area contributed by atoms with Crippen molar-refractivity contribution in [2.75, 3.05) is 0 Å². The number of hydrogen-bond donors (Lipinski definition) is 2. The molecule has 1 atom stereocenters. The third kappa shape index (κ3) is 3.60. The van der Waals surface area contributed by atoms with Crippen LogP contribution in [0.4, 0.5) is 0 Å². The average molecular weight is 318 g/mol. The summed E-state index contributed by atoms with van der Waals surface area (Å²) in [7, 11) is 0. The first-order chi connectivity index (χ1) is 11.5. The van der Waals surface area contributed by atoms with Gasteiger partial charge >= 0.3 is 0 Å². The maximum Gasteiger partial charge on any atom is 0.0423 e. The van der Waals surface area contributed by atoms with Crippen LogP contribution in [0.3, 0.4) is 0 Å². The molecule has 0 saturated carbocycles. The summed E-state index contributed by atoms with van der Waals surface area (Å²) < 4.78 is 0. The summed E-state index contributed by atoms with van der Waals surface area (Å²) >= 11 is 0. The summed E-state index contributed by atoms with van der Waals surface area (Å²) in [6.45, 7) is 4.26. The highest BCUT2D eigenvalue weighted by Crippen LogP contribution is 2.35. The van der Waals surface area contributed by atoms with Gasteiger partial charge in [0.2, 0.25) is 0 Å². The van der Waals surface area contributed by atoms with Crippen molar-refractivity contribution in [1.29, 1.82) is 0 Å². The molecule has 0 bridgehead atoms. The fourth-order valence-corrected chi connectivity index (χ4v) is 3.30. The zero-order valence-electron chi connectivity index (χ0n) is 14.5. The zero-order valence-corrected chi connectivity index (χ0v) is 14.5. The zero-order chi connectivity index (χ0) is 17.2. The Hall–Kier alpha value is -2.32. The summed E-state index contributed by atoms with van der Waals surface area (Å²) in [6.07, 6.45) is 13.6. The Morgan fingerprint density at radius 3 is 2.58 bits per heavy atom. The SMILES string of the molecule is CC1=CC(C2=CC(N)=CCC2(C)N)=CC/C1=C/Cc1ccccc1. The van der Waals surface area contributed by atoms with Crippen LogP contribution >= 0.6 is 0 Å². The molecule has 0 aromatic heterocycles. The van der Waals surface area contributed by atoms with Gasteiger partial charge in [-0.1, -0.05) is 54.6 Å². The van der Waals surface area contributed by atoms with Crippen LogP contribution in [0, 0.1) is 0 Å². The van der Waals surface area contributed by atoms with Crippen molar-refractivity contribution >= 4 is 0 Å². The molecule has 0 heterocycles. The lowest BCUT2D eigenvalue weighted by Crippen LogP contribution is -2.40. The Morgan fingerprint density at radius 2 is 1.88 bits per heavy atom. The van der Waals surface area contributed by atoms with E-state index in [0.29, 0.717) is 0 Å². The topological polar surface area (TPSA) is 52.0 Å². The fraction of sp³-hybridized carbons (Fsp3) is 0.273. The van der Waals surface area contributed by atoms with Crippen LogP contribution in [0.15, 0.2) is 88.7 Å². The van der Waals surface area contributed by atoms with E-state index < -0.39 is 0 Å². The Balaban J connectivity index is 1.79. The third-order valence-electron chi connectivity index (χ3n) is 4.85. The normalized spacial score (nSPS) is 25.7. The number of rotatable bonds is 3. The number of nitrogens with two attached hydrogens (primary N) is 2. The third-order valence-corrected chi connectivity index (χ3v) is 4.85. The van der Waals surface area contributed by atoms with Gasteiger partial charge < -0.3 is 11.5 Å². The largest absolute Gasteiger partial charge is 0.399 e. The summed E-state index contributed by atoms with van der Waals surface area (Å²) in [5, 5.41) is 0. The molecule has 0 aliphatic heterocycles. The molecule has 0 amide bonds. The molecule has 2 aliphatic rings. The van der Waals surface area contributed by atoms with E-state index in [-0.39, 0.29) is 5.54 Å². The van der Waals surface area contributed by atoms with Crippen LogP contribution in [0.5, 0.6) is 0 Å². The van der Waals surface area contributed by atoms with Gasteiger partial charge in [-0.15, -0.1) is 0 Å². The van der Waals surface area contributed by atoms with E-state index in [1.165, 1.54) is 22.3 Å². The minimum Gasteiger partial charge on any atom is -0.399 e. The summed E-state index contributed by atoms with van der Waals surface area (Å²) in [5.41, 5.74) is 19.3. The molecule has 1 unspecified atom stereocenters. The quantitative estimate of drug-likeness (QED) is 0.872. The molecule has 124 valence electrons. The van der Waals surface area contributed by atoms with Crippen molar-refractivity contribution in [1.82, 2.24) is 0 Å². The molecule has 1 aromatic carbocycles. The Labute approximate surface area is 144 Å². The van der Waals surface area contributed by atoms with E-state index in [1.54, 1.807) is 0 Å². The minimum atomic E-state index is -0.350. The lowest BCUT2D eigenvalue weighted by atomic mass is 9.78. The second-order valence-corrected chi connectivity index (χ2v) is 6.99. The van der Waals surface area contributed by atoms with Crippen molar-refractivity contribution in [2.24, 2.45) is 11.5 Å². The average Bonchev–Trinajstić information content (AvgIpc) is 2.57. The summed E-state index contributed by atoms with van der Waals surface area (Å²) in [6, 6.07) is 10.6. The summed E-state index contributed by atoms with van der Waals surface area (Å²) in [5.74, 6) is 0. The highest BCUT2D eigenvalue weighted by molar-refractivity contribution is 5.56.